The number of halogens is 2. The van der Waals surface area contributed by atoms with Crippen molar-refractivity contribution in [3.8, 4) is 50.2 Å². The van der Waals surface area contributed by atoms with Gasteiger partial charge in [0.05, 0.1) is 22.4 Å². The molecule has 0 aliphatic heterocycles. The fourth-order valence-corrected chi connectivity index (χ4v) is 12.0. The number of hydrogen-bond donors (Lipinski definition) is 0. The Morgan fingerprint density at radius 3 is 1.09 bits per heavy atom. The summed E-state index contributed by atoms with van der Waals surface area (Å²) < 4.78 is 3.58. The predicted molar refractivity (Wildman–Crippen MR) is 347 cm³/mol. The fraction of sp³-hybridized carbons (Fsp3) is 0.108. The highest BCUT2D eigenvalue weighted by atomic mass is 127. The van der Waals surface area contributed by atoms with Gasteiger partial charge in [-0.1, -0.05) is 235 Å². The third-order valence-electron chi connectivity index (χ3n) is 15.2. The summed E-state index contributed by atoms with van der Waals surface area (Å²) in [7, 11) is 0. The number of aromatic nitrogens is 1. The Bertz CT molecular complexity index is 3990. The summed E-state index contributed by atoms with van der Waals surface area (Å²) in [6.07, 6.45) is 0. The van der Waals surface area contributed by atoms with Gasteiger partial charge in [0.15, 0.2) is 0 Å². The van der Waals surface area contributed by atoms with Crippen LogP contribution in [0.4, 0.5) is 34.1 Å². The van der Waals surface area contributed by atoms with Crippen molar-refractivity contribution >= 4 is 90.1 Å². The molecule has 0 atom stereocenters. The van der Waals surface area contributed by atoms with Crippen LogP contribution in [0.15, 0.2) is 261 Å². The number of fused-ring (bicyclic) bond motifs is 3. The SMILES string of the molecule is CC(C)(C)c1ccc2c(c1)c1cc(C(C)(C)C)ccc1n2-c1cccc(N(c2cc(Cl)cc(N(c3cccc(I)c3)c3c(-c4ccccc4)cccc3-c3ccccc3)c2)c2c(-c3ccccc3)cccc2-c2ccccc2)c1. The first-order chi connectivity index (χ1) is 38.3. The lowest BCUT2D eigenvalue weighted by Crippen LogP contribution is -2.16. The Morgan fingerprint density at radius 2 is 0.709 bits per heavy atom. The first-order valence-electron chi connectivity index (χ1n) is 27.1. The molecule has 0 amide bonds. The number of hydrogen-bond acceptors (Lipinski definition) is 2. The van der Waals surface area contributed by atoms with E-state index in [1.54, 1.807) is 0 Å². The Labute approximate surface area is 484 Å². The van der Waals surface area contributed by atoms with E-state index in [9.17, 15) is 0 Å². The van der Waals surface area contributed by atoms with Gasteiger partial charge >= 0.3 is 0 Å². The summed E-state index contributed by atoms with van der Waals surface area (Å²) in [5, 5.41) is 3.10. The minimum Gasteiger partial charge on any atom is -0.309 e. The number of benzene rings is 11. The molecule has 0 spiro atoms. The van der Waals surface area contributed by atoms with Crippen LogP contribution in [0.25, 0.3) is 72.0 Å². The predicted octanol–water partition coefficient (Wildman–Crippen LogP) is 22.2. The zero-order chi connectivity index (χ0) is 54.4. The number of anilines is 6. The first-order valence-corrected chi connectivity index (χ1v) is 28.6. The van der Waals surface area contributed by atoms with Gasteiger partial charge in [0, 0.05) is 70.1 Å². The fourth-order valence-electron chi connectivity index (χ4n) is 11.2. The molecule has 5 heteroatoms. The largest absolute Gasteiger partial charge is 0.309 e. The Balaban J connectivity index is 1.17. The molecular formula is C74H61ClIN3. The van der Waals surface area contributed by atoms with E-state index in [1.165, 1.54) is 21.9 Å². The van der Waals surface area contributed by atoms with Crippen LogP contribution in [-0.4, -0.2) is 4.57 Å². The highest BCUT2D eigenvalue weighted by molar-refractivity contribution is 14.1. The van der Waals surface area contributed by atoms with E-state index in [2.05, 4.69) is 339 Å². The van der Waals surface area contributed by atoms with Gasteiger partial charge in [0.1, 0.15) is 0 Å². The van der Waals surface area contributed by atoms with Crippen molar-refractivity contribution in [1.29, 1.82) is 0 Å². The van der Waals surface area contributed by atoms with Gasteiger partial charge in [-0.25, -0.2) is 0 Å². The second-order valence-electron chi connectivity index (χ2n) is 22.5. The summed E-state index contributed by atoms with van der Waals surface area (Å²) >= 11 is 10.2. The maximum atomic E-state index is 7.72. The third kappa shape index (κ3) is 10.2. The van der Waals surface area contributed by atoms with E-state index in [0.29, 0.717) is 5.02 Å². The quantitative estimate of drug-likeness (QED) is 0.120. The molecule has 12 rings (SSSR count). The van der Waals surface area contributed by atoms with Crippen LogP contribution in [0.3, 0.4) is 0 Å². The maximum absolute atomic E-state index is 7.72. The standard InChI is InChI=1S/C74H61ClIN3/c1-73(2,3)54-39-41-69-67(43-54)68-44-55(74(4,5)6)40-42-70(68)79(69)60-34-20-33-59(48-60)78(72-65(52-27-15-9-16-28-52)37-22-38-66(72)53-29-17-10-18-30-53)62-46-56(75)45-61(49-62)77(58-32-19-31-57(76)47-58)71-63(50-23-11-7-12-24-50)35-21-36-64(71)51-25-13-8-14-26-51/h7-49H,1-6H3. The van der Waals surface area contributed by atoms with Crippen molar-refractivity contribution in [2.75, 3.05) is 9.80 Å². The summed E-state index contributed by atoms with van der Waals surface area (Å²) in [5.41, 5.74) is 20.7. The minimum atomic E-state index is -0.0234. The Morgan fingerprint density at radius 1 is 0.342 bits per heavy atom. The molecule has 0 radical (unpaired) electrons. The second-order valence-corrected chi connectivity index (χ2v) is 24.2. The summed E-state index contributed by atoms with van der Waals surface area (Å²) in [4.78, 5) is 4.86. The molecule has 1 aromatic heterocycles. The highest BCUT2D eigenvalue weighted by Crippen LogP contribution is 2.52. The summed E-state index contributed by atoms with van der Waals surface area (Å²) in [6.45, 7) is 13.8. The molecule has 0 saturated carbocycles. The Kier molecular flexibility index (Phi) is 13.9. The first kappa shape index (κ1) is 51.6. The van der Waals surface area contributed by atoms with E-state index in [4.69, 9.17) is 11.6 Å². The molecule has 0 aliphatic carbocycles. The lowest BCUT2D eigenvalue weighted by molar-refractivity contribution is 0.590. The van der Waals surface area contributed by atoms with E-state index >= 15 is 0 Å². The lowest BCUT2D eigenvalue weighted by Gasteiger charge is -2.34. The van der Waals surface area contributed by atoms with Crippen molar-refractivity contribution in [1.82, 2.24) is 4.57 Å². The topological polar surface area (TPSA) is 11.4 Å². The highest BCUT2D eigenvalue weighted by Gasteiger charge is 2.28. The van der Waals surface area contributed by atoms with Gasteiger partial charge in [-0.05, 0) is 146 Å². The smallest absolute Gasteiger partial charge is 0.0618 e. The van der Waals surface area contributed by atoms with E-state index in [-0.39, 0.29) is 10.8 Å². The van der Waals surface area contributed by atoms with Crippen LogP contribution in [0, 0.1) is 3.57 Å². The molecule has 386 valence electrons. The van der Waals surface area contributed by atoms with Gasteiger partial charge in [-0.2, -0.15) is 0 Å². The van der Waals surface area contributed by atoms with Crippen LogP contribution >= 0.6 is 34.2 Å². The van der Waals surface area contributed by atoms with Gasteiger partial charge in [-0.15, -0.1) is 0 Å². The van der Waals surface area contributed by atoms with Crippen molar-refractivity contribution in [3.05, 3.63) is 281 Å². The maximum Gasteiger partial charge on any atom is 0.0618 e. The number of nitrogens with zero attached hydrogens (tertiary/aromatic N) is 3. The van der Waals surface area contributed by atoms with Crippen LogP contribution in [0.5, 0.6) is 0 Å². The van der Waals surface area contributed by atoms with Gasteiger partial charge in [0.2, 0.25) is 0 Å². The summed E-state index contributed by atoms with van der Waals surface area (Å²) in [5.74, 6) is 0. The minimum absolute atomic E-state index is 0.0234. The van der Waals surface area contributed by atoms with Gasteiger partial charge in [0.25, 0.3) is 0 Å². The van der Waals surface area contributed by atoms with Crippen molar-refractivity contribution in [2.45, 2.75) is 52.4 Å². The van der Waals surface area contributed by atoms with Crippen molar-refractivity contribution in [3.63, 3.8) is 0 Å². The second kappa shape index (κ2) is 21.2. The third-order valence-corrected chi connectivity index (χ3v) is 16.0. The zero-order valence-corrected chi connectivity index (χ0v) is 48.3. The van der Waals surface area contributed by atoms with E-state index in [1.807, 2.05) is 0 Å². The molecule has 0 N–H and O–H groups in total. The van der Waals surface area contributed by atoms with Crippen molar-refractivity contribution < 1.29 is 0 Å². The zero-order valence-electron chi connectivity index (χ0n) is 45.4. The molecule has 0 bridgehead atoms. The van der Waals surface area contributed by atoms with E-state index < -0.39 is 0 Å². The average Bonchev–Trinajstić information content (AvgIpc) is 4.04. The Hall–Kier alpha value is -8.16. The molecule has 0 unspecified atom stereocenters. The van der Waals surface area contributed by atoms with Gasteiger partial charge in [-0.3, -0.25) is 0 Å². The molecule has 1 heterocycles. The summed E-state index contributed by atoms with van der Waals surface area (Å²) in [6, 6.07) is 94.9. The van der Waals surface area contributed by atoms with Crippen LogP contribution < -0.4 is 9.80 Å². The monoisotopic (exact) mass is 1150 g/mol. The number of para-hydroxylation sites is 2. The normalized spacial score (nSPS) is 11.8. The van der Waals surface area contributed by atoms with Crippen molar-refractivity contribution in [2.24, 2.45) is 0 Å². The van der Waals surface area contributed by atoms with Crippen LogP contribution in [-0.2, 0) is 10.8 Å². The van der Waals surface area contributed by atoms with Crippen LogP contribution in [0.1, 0.15) is 52.7 Å². The van der Waals surface area contributed by atoms with Gasteiger partial charge < -0.3 is 14.4 Å². The molecule has 79 heavy (non-hydrogen) atoms. The van der Waals surface area contributed by atoms with Crippen LogP contribution in [0.2, 0.25) is 5.02 Å². The molecule has 0 aliphatic rings. The lowest BCUT2D eigenvalue weighted by atomic mass is 9.85. The molecule has 3 nitrogen and oxygen atoms in total. The molecule has 0 fully saturated rings. The molecule has 12 aromatic rings. The average molecular weight is 1150 g/mol. The molecular weight excluding hydrogens is 1090 g/mol. The molecule has 11 aromatic carbocycles. The van der Waals surface area contributed by atoms with E-state index in [0.717, 1.165) is 98.9 Å². The number of rotatable bonds is 11. The molecule has 0 saturated heterocycles.